The quantitative estimate of drug-likeness (QED) is 0.941. The van der Waals surface area contributed by atoms with Gasteiger partial charge in [0.25, 0.3) is 0 Å². The van der Waals surface area contributed by atoms with Gasteiger partial charge in [0.2, 0.25) is 10.0 Å². The van der Waals surface area contributed by atoms with Gasteiger partial charge in [-0.1, -0.05) is 6.07 Å². The minimum atomic E-state index is -3.55. The molecule has 0 saturated heterocycles. The van der Waals surface area contributed by atoms with E-state index >= 15 is 0 Å². The van der Waals surface area contributed by atoms with Gasteiger partial charge in [0, 0.05) is 11.6 Å². The number of nitrogens with one attached hydrogen (secondary N) is 1. The smallest absolute Gasteiger partial charge is 0.241 e. The number of aryl methyl sites for hydroxylation is 2. The molecule has 0 amide bonds. The topological polar surface area (TPSA) is 59.1 Å². The third-order valence-corrected chi connectivity index (χ3v) is 6.49. The maximum atomic E-state index is 12.6. The van der Waals surface area contributed by atoms with Crippen LogP contribution in [0.5, 0.6) is 0 Å². The molecule has 0 aliphatic heterocycles. The summed E-state index contributed by atoms with van der Waals surface area (Å²) < 4.78 is 28.0. The Kier molecular flexibility index (Phi) is 3.63. The molecule has 0 saturated carbocycles. The summed E-state index contributed by atoms with van der Waals surface area (Å²) in [5, 5.41) is 2.60. The second-order valence-electron chi connectivity index (χ2n) is 5.85. The molecule has 0 bridgehead atoms. The van der Waals surface area contributed by atoms with E-state index in [4.69, 9.17) is 0 Å². The van der Waals surface area contributed by atoms with Gasteiger partial charge >= 0.3 is 0 Å². The fraction of sp³-hybridized carbons (Fsp3) is 0.400. The molecule has 112 valence electrons. The Morgan fingerprint density at radius 1 is 1.24 bits per heavy atom. The van der Waals surface area contributed by atoms with Crippen molar-refractivity contribution in [3.63, 3.8) is 0 Å². The van der Waals surface area contributed by atoms with Crippen molar-refractivity contribution in [2.45, 2.75) is 43.5 Å². The van der Waals surface area contributed by atoms with E-state index in [1.165, 1.54) is 16.9 Å². The van der Waals surface area contributed by atoms with Crippen LogP contribution in [0.25, 0.3) is 0 Å². The second-order valence-corrected chi connectivity index (χ2v) is 8.43. The molecule has 0 unspecified atom stereocenters. The molecule has 21 heavy (non-hydrogen) atoms. The first-order valence-corrected chi connectivity index (χ1v) is 9.30. The van der Waals surface area contributed by atoms with Crippen molar-refractivity contribution >= 4 is 21.4 Å². The normalized spacial score (nSPS) is 15.1. The van der Waals surface area contributed by atoms with Crippen molar-refractivity contribution in [1.82, 2.24) is 9.71 Å². The molecular weight excluding hydrogens is 304 g/mol. The molecule has 1 heterocycles. The molecule has 2 aromatic rings. The summed E-state index contributed by atoms with van der Waals surface area (Å²) in [6.45, 7) is 3.66. The molecule has 1 aromatic carbocycles. The first kappa shape index (κ1) is 14.7. The van der Waals surface area contributed by atoms with Crippen LogP contribution in [-0.4, -0.2) is 13.4 Å². The number of fused-ring (bicyclic) bond motifs is 1. The number of benzene rings is 1. The van der Waals surface area contributed by atoms with Crippen molar-refractivity contribution in [3.05, 3.63) is 45.9 Å². The summed E-state index contributed by atoms with van der Waals surface area (Å²) in [4.78, 5) is 4.56. The van der Waals surface area contributed by atoms with Crippen LogP contribution in [0.2, 0.25) is 0 Å². The highest BCUT2D eigenvalue weighted by molar-refractivity contribution is 7.89. The van der Waals surface area contributed by atoms with Gasteiger partial charge in [-0.05, 0) is 56.4 Å². The summed E-state index contributed by atoms with van der Waals surface area (Å²) in [5.74, 6) is 0. The van der Waals surface area contributed by atoms with E-state index in [-0.39, 0.29) is 0 Å². The number of hydrogen-bond donors (Lipinski definition) is 1. The monoisotopic (exact) mass is 322 g/mol. The van der Waals surface area contributed by atoms with Crippen molar-refractivity contribution in [2.75, 3.05) is 0 Å². The van der Waals surface area contributed by atoms with E-state index < -0.39 is 15.6 Å². The molecule has 1 N–H and O–H groups in total. The lowest BCUT2D eigenvalue weighted by atomic mass is 10.1. The van der Waals surface area contributed by atoms with Gasteiger partial charge in [0.05, 0.1) is 10.4 Å². The van der Waals surface area contributed by atoms with E-state index in [2.05, 4.69) is 9.71 Å². The standard InChI is InChI=1S/C15H18N2O2S2/c1-15(2,14-16-8-9-20-14)17-21(18,19)13-7-6-11-4-3-5-12(11)10-13/h6-10,17H,3-5H2,1-2H3. The Bertz CT molecular complexity index is 750. The van der Waals surface area contributed by atoms with Crippen LogP contribution in [0.4, 0.5) is 0 Å². The number of hydrogen-bond acceptors (Lipinski definition) is 4. The van der Waals surface area contributed by atoms with Crippen LogP contribution in [-0.2, 0) is 28.4 Å². The summed E-state index contributed by atoms with van der Waals surface area (Å²) in [5.41, 5.74) is 1.71. The van der Waals surface area contributed by atoms with E-state index in [0.29, 0.717) is 4.90 Å². The van der Waals surface area contributed by atoms with Crippen LogP contribution in [0, 0.1) is 0 Å². The minimum absolute atomic E-state index is 0.341. The molecule has 0 fully saturated rings. The fourth-order valence-electron chi connectivity index (χ4n) is 2.69. The maximum Gasteiger partial charge on any atom is 0.241 e. The van der Waals surface area contributed by atoms with Gasteiger partial charge in [-0.15, -0.1) is 11.3 Å². The van der Waals surface area contributed by atoms with Crippen LogP contribution < -0.4 is 4.72 Å². The van der Waals surface area contributed by atoms with E-state index in [1.807, 2.05) is 31.4 Å². The van der Waals surface area contributed by atoms with Crippen molar-refractivity contribution in [1.29, 1.82) is 0 Å². The maximum absolute atomic E-state index is 12.6. The van der Waals surface area contributed by atoms with Gasteiger partial charge in [-0.2, -0.15) is 4.72 Å². The van der Waals surface area contributed by atoms with Gasteiger partial charge in [-0.3, -0.25) is 0 Å². The Hall–Kier alpha value is -1.24. The predicted octanol–water partition coefficient (Wildman–Crippen LogP) is 2.85. The highest BCUT2D eigenvalue weighted by Crippen LogP contribution is 2.28. The molecule has 0 atom stereocenters. The summed E-state index contributed by atoms with van der Waals surface area (Å²) in [6.07, 6.45) is 4.81. The lowest BCUT2D eigenvalue weighted by Gasteiger charge is -2.23. The van der Waals surface area contributed by atoms with Crippen LogP contribution in [0.15, 0.2) is 34.7 Å². The van der Waals surface area contributed by atoms with Gasteiger partial charge in [0.1, 0.15) is 5.01 Å². The average Bonchev–Trinajstić information content (AvgIpc) is 3.08. The van der Waals surface area contributed by atoms with E-state index in [1.54, 1.807) is 12.3 Å². The second kappa shape index (κ2) is 5.19. The van der Waals surface area contributed by atoms with Gasteiger partial charge < -0.3 is 0 Å². The third-order valence-electron chi connectivity index (χ3n) is 3.74. The first-order valence-electron chi connectivity index (χ1n) is 6.94. The molecule has 6 heteroatoms. The van der Waals surface area contributed by atoms with Crippen LogP contribution in [0.1, 0.15) is 36.4 Å². The zero-order chi connectivity index (χ0) is 15.1. The number of rotatable bonds is 4. The Balaban J connectivity index is 1.91. The predicted molar refractivity (Wildman–Crippen MR) is 83.9 cm³/mol. The Labute approximate surface area is 129 Å². The molecular formula is C15H18N2O2S2. The fourth-order valence-corrected chi connectivity index (χ4v) is 4.90. The molecule has 1 aromatic heterocycles. The molecule has 1 aliphatic rings. The molecule has 4 nitrogen and oxygen atoms in total. The molecule has 3 rings (SSSR count). The Morgan fingerprint density at radius 2 is 2.00 bits per heavy atom. The number of aromatic nitrogens is 1. The lowest BCUT2D eigenvalue weighted by molar-refractivity contribution is 0.470. The molecule has 0 spiro atoms. The first-order chi connectivity index (χ1) is 9.88. The Morgan fingerprint density at radius 3 is 2.71 bits per heavy atom. The van der Waals surface area contributed by atoms with Crippen LogP contribution in [0.3, 0.4) is 0 Å². The largest absolute Gasteiger partial charge is 0.248 e. The van der Waals surface area contributed by atoms with Gasteiger partial charge in [0.15, 0.2) is 0 Å². The zero-order valence-electron chi connectivity index (χ0n) is 12.1. The molecule has 0 radical (unpaired) electrons. The highest BCUT2D eigenvalue weighted by atomic mass is 32.2. The average molecular weight is 322 g/mol. The van der Waals surface area contributed by atoms with Crippen molar-refractivity contribution in [3.8, 4) is 0 Å². The van der Waals surface area contributed by atoms with E-state index in [9.17, 15) is 8.42 Å². The van der Waals surface area contributed by atoms with Crippen LogP contribution >= 0.6 is 11.3 Å². The number of sulfonamides is 1. The minimum Gasteiger partial charge on any atom is -0.248 e. The number of nitrogens with zero attached hydrogens (tertiary/aromatic N) is 1. The summed E-state index contributed by atoms with van der Waals surface area (Å²) >= 11 is 1.45. The highest BCUT2D eigenvalue weighted by Gasteiger charge is 2.30. The third kappa shape index (κ3) is 2.88. The summed E-state index contributed by atoms with van der Waals surface area (Å²) in [6, 6.07) is 5.44. The SMILES string of the molecule is CC(C)(NS(=O)(=O)c1ccc2c(c1)CCC2)c1nccs1. The number of thiazole rings is 1. The molecule has 1 aliphatic carbocycles. The van der Waals surface area contributed by atoms with Crippen molar-refractivity contribution < 1.29 is 8.42 Å². The van der Waals surface area contributed by atoms with Crippen molar-refractivity contribution in [2.24, 2.45) is 0 Å². The van der Waals surface area contributed by atoms with Gasteiger partial charge in [-0.25, -0.2) is 13.4 Å². The lowest BCUT2D eigenvalue weighted by Crippen LogP contribution is -2.40. The van der Waals surface area contributed by atoms with E-state index in [0.717, 1.165) is 29.8 Å². The summed E-state index contributed by atoms with van der Waals surface area (Å²) in [7, 11) is -3.55. The zero-order valence-corrected chi connectivity index (χ0v) is 13.7.